The monoisotopic (exact) mass is 413 g/mol. The molecule has 1 aliphatic heterocycles. The van der Waals surface area contributed by atoms with E-state index >= 15 is 0 Å². The van der Waals surface area contributed by atoms with Crippen molar-refractivity contribution < 1.29 is 19.5 Å². The van der Waals surface area contributed by atoms with Gasteiger partial charge >= 0.3 is 0 Å². The number of piperazine rings is 1. The molecule has 0 spiro atoms. The quantitative estimate of drug-likeness (QED) is 0.732. The Kier molecular flexibility index (Phi) is 7.27. The van der Waals surface area contributed by atoms with Crippen molar-refractivity contribution in [2.24, 2.45) is 0 Å². The van der Waals surface area contributed by atoms with E-state index in [2.05, 4.69) is 56.9 Å². The van der Waals surface area contributed by atoms with Crippen molar-refractivity contribution in [3.05, 3.63) is 53.6 Å². The van der Waals surface area contributed by atoms with Crippen LogP contribution in [0.5, 0.6) is 11.5 Å². The number of nitrogens with one attached hydrogen (secondary N) is 1. The van der Waals surface area contributed by atoms with E-state index in [1.165, 1.54) is 21.7 Å². The zero-order valence-electron chi connectivity index (χ0n) is 19.1. The summed E-state index contributed by atoms with van der Waals surface area (Å²) in [5.41, 5.74) is 3.66. The average molecular weight is 414 g/mol. The first-order chi connectivity index (χ1) is 14.3. The topological polar surface area (TPSA) is 46.4 Å². The third-order valence-electron chi connectivity index (χ3n) is 5.81. The molecular weight excluding hydrogens is 376 g/mol. The van der Waals surface area contributed by atoms with Gasteiger partial charge in [-0.1, -0.05) is 38.5 Å². The molecule has 1 atom stereocenters. The minimum absolute atomic E-state index is 0.00927. The number of anilines is 1. The van der Waals surface area contributed by atoms with E-state index in [1.807, 2.05) is 18.2 Å². The molecule has 0 saturated carbocycles. The number of methoxy groups -OCH3 is 1. The van der Waals surface area contributed by atoms with Gasteiger partial charge in [0.2, 0.25) is 0 Å². The van der Waals surface area contributed by atoms with Crippen LogP contribution in [0.15, 0.2) is 42.5 Å². The highest BCUT2D eigenvalue weighted by Crippen LogP contribution is 2.32. The fourth-order valence-corrected chi connectivity index (χ4v) is 4.01. The number of rotatable bonds is 7. The maximum Gasteiger partial charge on any atom is 0.137 e. The molecule has 30 heavy (non-hydrogen) atoms. The summed E-state index contributed by atoms with van der Waals surface area (Å²) >= 11 is 0. The predicted molar refractivity (Wildman–Crippen MR) is 122 cm³/mol. The van der Waals surface area contributed by atoms with Gasteiger partial charge < -0.3 is 24.4 Å². The molecule has 0 aromatic heterocycles. The second-order valence-corrected chi connectivity index (χ2v) is 9.35. The molecule has 2 aromatic rings. The van der Waals surface area contributed by atoms with Crippen LogP contribution in [0.1, 0.15) is 31.9 Å². The van der Waals surface area contributed by atoms with Gasteiger partial charge in [0.25, 0.3) is 0 Å². The Morgan fingerprint density at radius 3 is 2.33 bits per heavy atom. The number of hydrogen-bond donors (Lipinski definition) is 2. The molecule has 1 saturated heterocycles. The SMILES string of the molecule is COc1ccc(N2CC[NH+](C[C@H](O)COc3ccc(C)cc3C(C)(C)C)CC2)cc1. The molecule has 164 valence electrons. The fraction of sp³-hybridized carbons (Fsp3) is 0.520. The Balaban J connectivity index is 1.48. The second-order valence-electron chi connectivity index (χ2n) is 9.35. The van der Waals surface area contributed by atoms with E-state index in [0.29, 0.717) is 13.2 Å². The minimum Gasteiger partial charge on any atom is -0.497 e. The van der Waals surface area contributed by atoms with Crippen LogP contribution in [0.25, 0.3) is 0 Å². The predicted octanol–water partition coefficient (Wildman–Crippen LogP) is 2.45. The molecule has 0 bridgehead atoms. The molecule has 0 amide bonds. The molecule has 1 heterocycles. The third kappa shape index (κ3) is 5.89. The molecule has 5 heteroatoms. The lowest BCUT2D eigenvalue weighted by molar-refractivity contribution is -0.903. The van der Waals surface area contributed by atoms with Crippen LogP contribution in [0.3, 0.4) is 0 Å². The molecule has 3 rings (SSSR count). The van der Waals surface area contributed by atoms with Crippen molar-refractivity contribution in [1.29, 1.82) is 0 Å². The molecule has 5 nitrogen and oxygen atoms in total. The van der Waals surface area contributed by atoms with Crippen LogP contribution in [0, 0.1) is 6.92 Å². The molecule has 1 aliphatic rings. The number of ether oxygens (including phenoxy) is 2. The number of aliphatic hydroxyl groups is 1. The Morgan fingerprint density at radius 2 is 1.73 bits per heavy atom. The normalized spacial score (nSPS) is 16.4. The van der Waals surface area contributed by atoms with Gasteiger partial charge in [0.05, 0.1) is 33.3 Å². The van der Waals surface area contributed by atoms with Gasteiger partial charge in [0, 0.05) is 5.69 Å². The van der Waals surface area contributed by atoms with Crippen molar-refractivity contribution in [3.8, 4) is 11.5 Å². The zero-order valence-corrected chi connectivity index (χ0v) is 19.1. The third-order valence-corrected chi connectivity index (χ3v) is 5.81. The lowest BCUT2D eigenvalue weighted by Crippen LogP contribution is -3.16. The summed E-state index contributed by atoms with van der Waals surface area (Å²) in [7, 11) is 1.69. The van der Waals surface area contributed by atoms with Crippen LogP contribution < -0.4 is 19.3 Å². The number of hydrogen-bond acceptors (Lipinski definition) is 4. The summed E-state index contributed by atoms with van der Waals surface area (Å²) in [6.45, 7) is 13.7. The van der Waals surface area contributed by atoms with Gasteiger partial charge in [-0.25, -0.2) is 0 Å². The standard InChI is InChI=1S/C25H36N2O3/c1-19-6-11-24(23(16-19)25(2,3)4)30-18-21(28)17-26-12-14-27(15-13-26)20-7-9-22(29-5)10-8-20/h6-11,16,21,28H,12-15,17-18H2,1-5H3/p+1/t21-/m0/s1. The lowest BCUT2D eigenvalue weighted by Gasteiger charge is -2.34. The van der Waals surface area contributed by atoms with E-state index < -0.39 is 6.10 Å². The van der Waals surface area contributed by atoms with E-state index in [4.69, 9.17) is 9.47 Å². The lowest BCUT2D eigenvalue weighted by atomic mass is 9.85. The molecular formula is C25H37N2O3+. The number of benzene rings is 2. The Hall–Kier alpha value is -2.24. The maximum absolute atomic E-state index is 10.6. The highest BCUT2D eigenvalue weighted by atomic mass is 16.5. The Labute approximate surface area is 181 Å². The van der Waals surface area contributed by atoms with Crippen LogP contribution >= 0.6 is 0 Å². The van der Waals surface area contributed by atoms with Gasteiger partial charge in [0.1, 0.15) is 30.8 Å². The summed E-state index contributed by atoms with van der Waals surface area (Å²) in [5, 5.41) is 10.6. The first-order valence-electron chi connectivity index (χ1n) is 10.9. The molecule has 0 unspecified atom stereocenters. The van der Waals surface area contributed by atoms with Gasteiger partial charge in [0.15, 0.2) is 0 Å². The second kappa shape index (κ2) is 9.71. The highest BCUT2D eigenvalue weighted by Gasteiger charge is 2.24. The van der Waals surface area contributed by atoms with Crippen molar-refractivity contribution in [2.75, 3.05) is 51.3 Å². The molecule has 2 N–H and O–H groups in total. The first kappa shape index (κ1) is 22.4. The van der Waals surface area contributed by atoms with Crippen molar-refractivity contribution in [2.45, 2.75) is 39.2 Å². The molecule has 0 radical (unpaired) electrons. The van der Waals surface area contributed by atoms with E-state index in [0.717, 1.165) is 37.7 Å². The average Bonchev–Trinajstić information content (AvgIpc) is 2.73. The zero-order chi connectivity index (χ0) is 21.7. The molecule has 1 fully saturated rings. The van der Waals surface area contributed by atoms with Crippen LogP contribution in [-0.4, -0.2) is 57.7 Å². The number of aliphatic hydroxyl groups excluding tert-OH is 1. The minimum atomic E-state index is -0.471. The van der Waals surface area contributed by atoms with Gasteiger partial charge in [-0.05, 0) is 48.2 Å². The summed E-state index contributed by atoms with van der Waals surface area (Å²) in [6.07, 6.45) is -0.471. The van der Waals surface area contributed by atoms with Crippen molar-refractivity contribution in [3.63, 3.8) is 0 Å². The number of aryl methyl sites for hydroxylation is 1. The van der Waals surface area contributed by atoms with E-state index in [9.17, 15) is 5.11 Å². The largest absolute Gasteiger partial charge is 0.497 e. The number of nitrogens with zero attached hydrogens (tertiary/aromatic N) is 1. The van der Waals surface area contributed by atoms with Crippen LogP contribution in [-0.2, 0) is 5.41 Å². The van der Waals surface area contributed by atoms with Crippen LogP contribution in [0.4, 0.5) is 5.69 Å². The maximum atomic E-state index is 10.6. The van der Waals surface area contributed by atoms with E-state index in [-0.39, 0.29) is 5.41 Å². The highest BCUT2D eigenvalue weighted by molar-refractivity contribution is 5.49. The summed E-state index contributed by atoms with van der Waals surface area (Å²) in [4.78, 5) is 3.82. The number of quaternary nitrogens is 1. The first-order valence-corrected chi connectivity index (χ1v) is 10.9. The summed E-state index contributed by atoms with van der Waals surface area (Å²) in [5.74, 6) is 1.76. The fourth-order valence-electron chi connectivity index (χ4n) is 4.01. The van der Waals surface area contributed by atoms with E-state index in [1.54, 1.807) is 7.11 Å². The Morgan fingerprint density at radius 1 is 1.07 bits per heavy atom. The van der Waals surface area contributed by atoms with Gasteiger partial charge in [-0.15, -0.1) is 0 Å². The Bertz CT molecular complexity index is 806. The van der Waals surface area contributed by atoms with Gasteiger partial charge in [-0.2, -0.15) is 0 Å². The summed E-state index contributed by atoms with van der Waals surface area (Å²) in [6, 6.07) is 14.5. The van der Waals surface area contributed by atoms with Gasteiger partial charge in [-0.3, -0.25) is 0 Å². The summed E-state index contributed by atoms with van der Waals surface area (Å²) < 4.78 is 11.3. The molecule has 2 aromatic carbocycles. The smallest absolute Gasteiger partial charge is 0.137 e. The van der Waals surface area contributed by atoms with Crippen molar-refractivity contribution in [1.82, 2.24) is 0 Å². The van der Waals surface area contributed by atoms with Crippen molar-refractivity contribution >= 4 is 5.69 Å². The molecule has 0 aliphatic carbocycles. The van der Waals surface area contributed by atoms with Crippen LogP contribution in [0.2, 0.25) is 0 Å².